The summed E-state index contributed by atoms with van der Waals surface area (Å²) in [5, 5.41) is 0. The Hall–Kier alpha value is -2.72. The van der Waals surface area contributed by atoms with E-state index in [0.717, 1.165) is 25.0 Å². The minimum absolute atomic E-state index is 0.0187. The highest BCUT2D eigenvalue weighted by molar-refractivity contribution is 7.89. The van der Waals surface area contributed by atoms with Gasteiger partial charge in [-0.1, -0.05) is 0 Å². The molecule has 8 nitrogen and oxygen atoms in total. The minimum atomic E-state index is -4.01. The lowest BCUT2D eigenvalue weighted by Gasteiger charge is -2.29. The van der Waals surface area contributed by atoms with Gasteiger partial charge in [-0.05, 0) is 42.7 Å². The van der Waals surface area contributed by atoms with Crippen LogP contribution in [0.2, 0.25) is 0 Å². The molecule has 0 saturated carbocycles. The fourth-order valence-electron chi connectivity index (χ4n) is 3.92. The van der Waals surface area contributed by atoms with E-state index in [4.69, 9.17) is 10.5 Å². The molecule has 0 spiro atoms. The average Bonchev–Trinajstić information content (AvgIpc) is 3.27. The summed E-state index contributed by atoms with van der Waals surface area (Å²) in [4.78, 5) is 18.7. The van der Waals surface area contributed by atoms with Crippen molar-refractivity contribution < 1.29 is 22.3 Å². The molecule has 2 aliphatic rings. The zero-order valence-electron chi connectivity index (χ0n) is 16.6. The number of methoxy groups -OCH3 is 1. The van der Waals surface area contributed by atoms with Gasteiger partial charge in [0.15, 0.2) is 0 Å². The van der Waals surface area contributed by atoms with Gasteiger partial charge in [-0.25, -0.2) is 17.8 Å². The maximum absolute atomic E-state index is 13.7. The molecule has 2 aromatic rings. The summed E-state index contributed by atoms with van der Waals surface area (Å²) < 4.78 is 46.5. The van der Waals surface area contributed by atoms with Crippen LogP contribution in [0.1, 0.15) is 34.5 Å². The number of carbonyl (C=O) groups excluding carboxylic acids is 1. The van der Waals surface area contributed by atoms with Crippen LogP contribution in [0.25, 0.3) is 0 Å². The molecule has 0 unspecified atom stereocenters. The third-order valence-corrected chi connectivity index (χ3v) is 7.40. The number of hydrogen-bond acceptors (Lipinski definition) is 6. The summed E-state index contributed by atoms with van der Waals surface area (Å²) in [7, 11) is -2.68. The first kappa shape index (κ1) is 20.5. The third-order valence-electron chi connectivity index (χ3n) is 5.53. The summed E-state index contributed by atoms with van der Waals surface area (Å²) in [6.07, 6.45) is 2.24. The number of halogens is 1. The highest BCUT2D eigenvalue weighted by atomic mass is 32.2. The van der Waals surface area contributed by atoms with Gasteiger partial charge >= 0.3 is 0 Å². The van der Waals surface area contributed by atoms with E-state index in [2.05, 4.69) is 4.98 Å². The number of nitrogen functional groups attached to an aromatic ring is 1. The van der Waals surface area contributed by atoms with Crippen molar-refractivity contribution in [1.82, 2.24) is 14.2 Å². The van der Waals surface area contributed by atoms with Crippen LogP contribution in [0.3, 0.4) is 0 Å². The van der Waals surface area contributed by atoms with Crippen LogP contribution in [0.4, 0.5) is 10.2 Å². The Morgan fingerprint density at radius 3 is 2.63 bits per heavy atom. The topological polar surface area (TPSA) is 106 Å². The molecule has 10 heteroatoms. The summed E-state index contributed by atoms with van der Waals surface area (Å²) in [5.41, 5.74) is 7.61. The van der Waals surface area contributed by atoms with E-state index >= 15 is 0 Å². The van der Waals surface area contributed by atoms with E-state index in [1.807, 2.05) is 0 Å². The molecule has 0 aliphatic carbocycles. The number of likely N-dealkylation sites (tertiary alicyclic amines) is 1. The molecule has 2 aliphatic heterocycles. The smallest absolute Gasteiger partial charge is 0.257 e. The number of ether oxygens (including phenoxy) is 1. The predicted octanol–water partition coefficient (Wildman–Crippen LogP) is 1.79. The molecule has 0 bridgehead atoms. The van der Waals surface area contributed by atoms with Crippen LogP contribution in [0.5, 0.6) is 5.75 Å². The number of fused-ring (bicyclic) bond motifs is 1. The summed E-state index contributed by atoms with van der Waals surface area (Å²) in [5.74, 6) is -0.622. The van der Waals surface area contributed by atoms with Gasteiger partial charge in [0.25, 0.3) is 5.91 Å². The Morgan fingerprint density at radius 2 is 1.93 bits per heavy atom. The summed E-state index contributed by atoms with van der Waals surface area (Å²) in [6, 6.07) is 5.03. The van der Waals surface area contributed by atoms with Crippen molar-refractivity contribution in [2.75, 3.05) is 32.5 Å². The van der Waals surface area contributed by atoms with E-state index in [9.17, 15) is 17.6 Å². The largest absolute Gasteiger partial charge is 0.495 e. The van der Waals surface area contributed by atoms with Gasteiger partial charge in [0.2, 0.25) is 10.0 Å². The zero-order chi connectivity index (χ0) is 21.5. The monoisotopic (exact) mass is 434 g/mol. The molecule has 4 rings (SSSR count). The van der Waals surface area contributed by atoms with Crippen LogP contribution < -0.4 is 10.5 Å². The van der Waals surface area contributed by atoms with Gasteiger partial charge in [0.1, 0.15) is 22.3 Å². The van der Waals surface area contributed by atoms with Crippen LogP contribution in [0.15, 0.2) is 29.2 Å². The first-order valence-corrected chi connectivity index (χ1v) is 11.2. The van der Waals surface area contributed by atoms with Crippen LogP contribution in [0, 0.1) is 5.82 Å². The van der Waals surface area contributed by atoms with Crippen LogP contribution in [-0.4, -0.2) is 55.3 Å². The van der Waals surface area contributed by atoms with Crippen molar-refractivity contribution in [2.24, 2.45) is 0 Å². The summed E-state index contributed by atoms with van der Waals surface area (Å²) >= 11 is 0. The lowest BCUT2D eigenvalue weighted by Crippen LogP contribution is -2.37. The first-order valence-electron chi connectivity index (χ1n) is 9.72. The number of nitrogens with two attached hydrogens (primary N) is 1. The van der Waals surface area contributed by atoms with Gasteiger partial charge in [-0.3, -0.25) is 4.79 Å². The highest BCUT2D eigenvalue weighted by Gasteiger charge is 2.33. The van der Waals surface area contributed by atoms with Crippen molar-refractivity contribution >= 4 is 21.7 Å². The summed E-state index contributed by atoms with van der Waals surface area (Å²) in [6.45, 7) is 1.54. The maximum atomic E-state index is 13.7. The molecule has 1 aromatic carbocycles. The second kappa shape index (κ2) is 7.84. The second-order valence-corrected chi connectivity index (χ2v) is 9.32. The number of aromatic nitrogens is 1. The van der Waals surface area contributed by atoms with E-state index in [1.54, 1.807) is 11.0 Å². The molecule has 1 saturated heterocycles. The molecule has 1 fully saturated rings. The van der Waals surface area contributed by atoms with E-state index in [1.165, 1.54) is 17.5 Å². The van der Waals surface area contributed by atoms with Crippen molar-refractivity contribution in [2.45, 2.75) is 30.7 Å². The lowest BCUT2D eigenvalue weighted by molar-refractivity contribution is 0.0793. The lowest BCUT2D eigenvalue weighted by atomic mass is 10.0. The van der Waals surface area contributed by atoms with E-state index in [-0.39, 0.29) is 35.5 Å². The third kappa shape index (κ3) is 3.61. The van der Waals surface area contributed by atoms with Crippen molar-refractivity contribution in [3.8, 4) is 5.75 Å². The number of amides is 1. The number of benzene rings is 1. The van der Waals surface area contributed by atoms with Gasteiger partial charge in [0.05, 0.1) is 12.7 Å². The SMILES string of the molecule is COc1ccc(F)cc1S(=O)(=O)N1CCc2nc(N)c(C(=O)N3CCCC3)cc2C1. The molecule has 30 heavy (non-hydrogen) atoms. The Morgan fingerprint density at radius 1 is 1.20 bits per heavy atom. The zero-order valence-corrected chi connectivity index (χ0v) is 17.4. The quantitative estimate of drug-likeness (QED) is 0.787. The van der Waals surface area contributed by atoms with Crippen molar-refractivity contribution in [3.05, 3.63) is 46.9 Å². The molecule has 160 valence electrons. The minimum Gasteiger partial charge on any atom is -0.495 e. The van der Waals surface area contributed by atoms with E-state index in [0.29, 0.717) is 36.3 Å². The number of nitrogens with zero attached hydrogens (tertiary/aromatic N) is 3. The van der Waals surface area contributed by atoms with Crippen LogP contribution >= 0.6 is 0 Å². The average molecular weight is 434 g/mol. The number of anilines is 1. The van der Waals surface area contributed by atoms with Crippen LogP contribution in [-0.2, 0) is 23.0 Å². The van der Waals surface area contributed by atoms with Gasteiger partial charge < -0.3 is 15.4 Å². The number of sulfonamides is 1. The second-order valence-electron chi connectivity index (χ2n) is 7.41. The Labute approximate surface area is 174 Å². The molecular weight excluding hydrogens is 411 g/mol. The predicted molar refractivity (Wildman–Crippen MR) is 108 cm³/mol. The Kier molecular flexibility index (Phi) is 5.37. The normalized spacial score (nSPS) is 17.1. The molecule has 0 atom stereocenters. The van der Waals surface area contributed by atoms with E-state index < -0.39 is 15.8 Å². The molecule has 0 radical (unpaired) electrons. The van der Waals surface area contributed by atoms with Gasteiger partial charge in [0, 0.05) is 38.3 Å². The standard InChI is InChI=1S/C20H23FN4O4S/c1-29-17-5-4-14(21)11-18(17)30(27,28)25-9-6-16-13(12-25)10-15(19(22)23-16)20(26)24-7-2-3-8-24/h4-5,10-11H,2-3,6-9,12H2,1H3,(H2,22,23). The number of carbonyl (C=O) groups is 1. The molecular formula is C20H23FN4O4S. The molecule has 1 aromatic heterocycles. The molecule has 3 heterocycles. The van der Waals surface area contributed by atoms with Crippen molar-refractivity contribution in [1.29, 1.82) is 0 Å². The van der Waals surface area contributed by atoms with Crippen molar-refractivity contribution in [3.63, 3.8) is 0 Å². The Bertz CT molecular complexity index is 1100. The number of pyridine rings is 1. The first-order chi connectivity index (χ1) is 14.3. The van der Waals surface area contributed by atoms with Gasteiger partial charge in [-0.15, -0.1) is 0 Å². The Balaban J connectivity index is 1.67. The van der Waals surface area contributed by atoms with Gasteiger partial charge in [-0.2, -0.15) is 4.31 Å². The molecule has 1 amide bonds. The fraction of sp³-hybridized carbons (Fsp3) is 0.400. The highest BCUT2D eigenvalue weighted by Crippen LogP contribution is 2.31. The molecule has 2 N–H and O–H groups in total. The maximum Gasteiger partial charge on any atom is 0.257 e. The number of hydrogen-bond donors (Lipinski definition) is 1. The number of rotatable bonds is 4. The fourth-order valence-corrected chi connectivity index (χ4v) is 5.51.